The van der Waals surface area contributed by atoms with Crippen LogP contribution in [-0.2, 0) is 4.79 Å². The van der Waals surface area contributed by atoms with Crippen LogP contribution in [0.2, 0.25) is 0 Å². The Hall–Kier alpha value is -0.570. The van der Waals surface area contributed by atoms with Crippen molar-refractivity contribution in [1.29, 1.82) is 0 Å². The summed E-state index contributed by atoms with van der Waals surface area (Å²) >= 11 is 0. The minimum absolute atomic E-state index is 0.112. The summed E-state index contributed by atoms with van der Waals surface area (Å²) in [4.78, 5) is 11.8. The van der Waals surface area contributed by atoms with Crippen molar-refractivity contribution < 1.29 is 9.90 Å². The Labute approximate surface area is 131 Å². The average Bonchev–Trinajstić information content (AvgIpc) is 2.45. The third-order valence-electron chi connectivity index (χ3n) is 4.10. The Kier molecular flexibility index (Phi) is 14.0. The molecule has 0 aliphatic carbocycles. The van der Waals surface area contributed by atoms with Gasteiger partial charge in [0, 0.05) is 19.1 Å². The van der Waals surface area contributed by atoms with E-state index in [1.165, 1.54) is 44.9 Å². The number of amides is 1. The smallest absolute Gasteiger partial charge is 0.220 e. The van der Waals surface area contributed by atoms with E-state index in [0.29, 0.717) is 18.8 Å². The first kappa shape index (κ1) is 20.4. The highest BCUT2D eigenvalue weighted by Gasteiger charge is 2.14. The van der Waals surface area contributed by atoms with E-state index in [0.717, 1.165) is 12.8 Å². The fourth-order valence-electron chi connectivity index (χ4n) is 2.59. The van der Waals surface area contributed by atoms with Crippen molar-refractivity contribution in [3.05, 3.63) is 0 Å². The van der Waals surface area contributed by atoms with Gasteiger partial charge in [0.2, 0.25) is 5.91 Å². The highest BCUT2D eigenvalue weighted by atomic mass is 16.3. The van der Waals surface area contributed by atoms with E-state index >= 15 is 0 Å². The summed E-state index contributed by atoms with van der Waals surface area (Å²) in [6.07, 6.45) is 12.8. The predicted molar refractivity (Wildman–Crippen MR) is 90.3 cm³/mol. The Balaban J connectivity index is 3.48. The molecule has 0 radical (unpaired) electrons. The maximum absolute atomic E-state index is 11.8. The van der Waals surface area contributed by atoms with Crippen LogP contribution in [0.25, 0.3) is 0 Å². The molecule has 0 aromatic carbocycles. The van der Waals surface area contributed by atoms with Crippen LogP contribution in [0.15, 0.2) is 0 Å². The second kappa shape index (κ2) is 14.4. The number of aliphatic hydroxyl groups excluding tert-OH is 1. The fourth-order valence-corrected chi connectivity index (χ4v) is 2.59. The first-order chi connectivity index (χ1) is 10.1. The molecule has 0 heterocycles. The minimum Gasteiger partial charge on any atom is -0.396 e. The molecule has 1 amide bonds. The van der Waals surface area contributed by atoms with Gasteiger partial charge >= 0.3 is 0 Å². The zero-order valence-electron chi connectivity index (χ0n) is 14.5. The molecule has 0 aliphatic heterocycles. The quantitative estimate of drug-likeness (QED) is 0.466. The van der Waals surface area contributed by atoms with E-state index in [9.17, 15) is 4.79 Å². The van der Waals surface area contributed by atoms with Crippen LogP contribution < -0.4 is 5.32 Å². The van der Waals surface area contributed by atoms with Gasteiger partial charge in [0.1, 0.15) is 0 Å². The van der Waals surface area contributed by atoms with E-state index in [4.69, 9.17) is 5.11 Å². The molecule has 1 atom stereocenters. The van der Waals surface area contributed by atoms with Crippen LogP contribution in [0, 0.1) is 5.92 Å². The van der Waals surface area contributed by atoms with Gasteiger partial charge in [-0.3, -0.25) is 4.79 Å². The molecular formula is C18H37NO2. The van der Waals surface area contributed by atoms with Crippen LogP contribution in [0.4, 0.5) is 0 Å². The fraction of sp³-hybridized carbons (Fsp3) is 0.944. The second-order valence-electron chi connectivity index (χ2n) is 6.51. The Morgan fingerprint density at radius 1 is 0.952 bits per heavy atom. The van der Waals surface area contributed by atoms with Crippen molar-refractivity contribution in [3.8, 4) is 0 Å². The zero-order valence-corrected chi connectivity index (χ0v) is 14.5. The Morgan fingerprint density at radius 2 is 1.48 bits per heavy atom. The summed E-state index contributed by atoms with van der Waals surface area (Å²) in [7, 11) is 0. The van der Waals surface area contributed by atoms with Crippen molar-refractivity contribution in [1.82, 2.24) is 5.32 Å². The summed E-state index contributed by atoms with van der Waals surface area (Å²) in [6, 6.07) is 0.112. The maximum Gasteiger partial charge on any atom is 0.220 e. The maximum atomic E-state index is 11.8. The number of carbonyl (C=O) groups excluding carboxylic acids is 1. The molecular weight excluding hydrogens is 262 g/mol. The summed E-state index contributed by atoms with van der Waals surface area (Å²) in [6.45, 7) is 6.55. The lowest BCUT2D eigenvalue weighted by atomic mass is 10.0. The molecule has 0 rings (SSSR count). The molecule has 126 valence electrons. The molecule has 21 heavy (non-hydrogen) atoms. The molecule has 3 heteroatoms. The average molecular weight is 299 g/mol. The lowest BCUT2D eigenvalue weighted by Gasteiger charge is -2.21. The number of aliphatic hydroxyl groups is 1. The highest BCUT2D eigenvalue weighted by molar-refractivity contribution is 5.76. The van der Waals surface area contributed by atoms with Crippen molar-refractivity contribution in [2.45, 2.75) is 97.4 Å². The van der Waals surface area contributed by atoms with Gasteiger partial charge in [-0.05, 0) is 18.8 Å². The van der Waals surface area contributed by atoms with Gasteiger partial charge in [0.15, 0.2) is 0 Å². The number of nitrogens with one attached hydrogen (secondary N) is 1. The monoisotopic (exact) mass is 299 g/mol. The van der Waals surface area contributed by atoms with Crippen LogP contribution in [-0.4, -0.2) is 23.7 Å². The first-order valence-corrected chi connectivity index (χ1v) is 9.02. The summed E-state index contributed by atoms with van der Waals surface area (Å²) in [5.74, 6) is 0.523. The van der Waals surface area contributed by atoms with Crippen LogP contribution in [0.5, 0.6) is 0 Å². The summed E-state index contributed by atoms with van der Waals surface area (Å²) < 4.78 is 0. The second-order valence-corrected chi connectivity index (χ2v) is 6.51. The lowest BCUT2D eigenvalue weighted by Crippen LogP contribution is -2.39. The van der Waals surface area contributed by atoms with E-state index in [1.807, 2.05) is 0 Å². The van der Waals surface area contributed by atoms with Gasteiger partial charge in [0.05, 0.1) is 0 Å². The van der Waals surface area contributed by atoms with Gasteiger partial charge in [0.25, 0.3) is 0 Å². The molecule has 0 aromatic heterocycles. The van der Waals surface area contributed by atoms with Crippen molar-refractivity contribution in [3.63, 3.8) is 0 Å². The number of hydrogen-bond acceptors (Lipinski definition) is 2. The lowest BCUT2D eigenvalue weighted by molar-refractivity contribution is -0.122. The molecule has 0 saturated carbocycles. The van der Waals surface area contributed by atoms with Gasteiger partial charge in [-0.1, -0.05) is 72.1 Å². The summed E-state index contributed by atoms with van der Waals surface area (Å²) in [5.41, 5.74) is 0. The Morgan fingerprint density at radius 3 is 1.95 bits per heavy atom. The van der Waals surface area contributed by atoms with E-state index < -0.39 is 0 Å². The van der Waals surface area contributed by atoms with Crippen molar-refractivity contribution in [2.24, 2.45) is 5.92 Å². The third-order valence-corrected chi connectivity index (χ3v) is 4.10. The van der Waals surface area contributed by atoms with Crippen LogP contribution in [0.1, 0.15) is 91.4 Å². The van der Waals surface area contributed by atoms with Gasteiger partial charge in [-0.15, -0.1) is 0 Å². The van der Waals surface area contributed by atoms with E-state index in [2.05, 4.69) is 26.1 Å². The SMILES string of the molecule is CCCCCCCCCCCC(=O)NC(CCO)C(C)C. The largest absolute Gasteiger partial charge is 0.396 e. The zero-order chi connectivity index (χ0) is 15.9. The van der Waals surface area contributed by atoms with E-state index in [-0.39, 0.29) is 18.6 Å². The first-order valence-electron chi connectivity index (χ1n) is 9.02. The number of rotatable bonds is 14. The molecule has 0 bridgehead atoms. The highest BCUT2D eigenvalue weighted by Crippen LogP contribution is 2.11. The molecule has 1 unspecified atom stereocenters. The molecule has 0 saturated heterocycles. The van der Waals surface area contributed by atoms with Gasteiger partial charge in [-0.25, -0.2) is 0 Å². The molecule has 0 aromatic rings. The van der Waals surface area contributed by atoms with Gasteiger partial charge < -0.3 is 10.4 Å². The van der Waals surface area contributed by atoms with E-state index in [1.54, 1.807) is 0 Å². The van der Waals surface area contributed by atoms with Crippen LogP contribution >= 0.6 is 0 Å². The number of carbonyl (C=O) groups is 1. The molecule has 0 spiro atoms. The Bertz CT molecular complexity index is 241. The minimum atomic E-state index is 0.112. The van der Waals surface area contributed by atoms with Crippen LogP contribution in [0.3, 0.4) is 0 Å². The number of unbranched alkanes of at least 4 members (excludes halogenated alkanes) is 8. The topological polar surface area (TPSA) is 49.3 Å². The summed E-state index contributed by atoms with van der Waals surface area (Å²) in [5, 5.41) is 12.0. The number of hydrogen-bond donors (Lipinski definition) is 2. The molecule has 3 nitrogen and oxygen atoms in total. The predicted octanol–water partition coefficient (Wildman–Crippen LogP) is 4.43. The van der Waals surface area contributed by atoms with Crippen molar-refractivity contribution in [2.75, 3.05) is 6.61 Å². The standard InChI is InChI=1S/C18H37NO2/c1-4-5-6-7-8-9-10-11-12-13-18(21)19-17(14-15-20)16(2)3/h16-17,20H,4-15H2,1-3H3,(H,19,21). The van der Waals surface area contributed by atoms with Crippen molar-refractivity contribution >= 4 is 5.91 Å². The normalized spacial score (nSPS) is 12.6. The third kappa shape index (κ3) is 12.9. The molecule has 2 N–H and O–H groups in total. The molecule has 0 fully saturated rings. The van der Waals surface area contributed by atoms with Gasteiger partial charge in [-0.2, -0.15) is 0 Å². The molecule has 0 aliphatic rings.